The third kappa shape index (κ3) is 6.18. The Balaban J connectivity index is 1.64. The van der Waals surface area contributed by atoms with Crippen molar-refractivity contribution < 1.29 is 23.4 Å². The van der Waals surface area contributed by atoms with Gasteiger partial charge in [-0.15, -0.1) is 0 Å². The molecule has 6 nitrogen and oxygen atoms in total. The van der Waals surface area contributed by atoms with Crippen molar-refractivity contribution in [2.75, 3.05) is 13.7 Å². The molecule has 0 saturated heterocycles. The maximum absolute atomic E-state index is 13.3. The van der Waals surface area contributed by atoms with Crippen LogP contribution in [0, 0.1) is 5.82 Å². The quantitative estimate of drug-likeness (QED) is 0.284. The largest absolute Gasteiger partial charge is 0.493 e. The van der Waals surface area contributed by atoms with E-state index in [1.165, 1.54) is 25.5 Å². The summed E-state index contributed by atoms with van der Waals surface area (Å²) in [6.45, 7) is 4.13. The van der Waals surface area contributed by atoms with E-state index in [0.717, 1.165) is 0 Å². The van der Waals surface area contributed by atoms with E-state index in [4.69, 9.17) is 14.2 Å². The number of benzene rings is 3. The zero-order valence-electron chi connectivity index (χ0n) is 17.6. The van der Waals surface area contributed by atoms with Crippen molar-refractivity contribution >= 4 is 12.1 Å². The molecule has 3 aromatic rings. The van der Waals surface area contributed by atoms with Crippen LogP contribution in [0.15, 0.2) is 84.5 Å². The number of halogens is 1. The number of carbonyl (C=O) groups excluding carboxylic acids is 1. The van der Waals surface area contributed by atoms with Gasteiger partial charge in [-0.05, 0) is 48.0 Å². The Morgan fingerprint density at radius 1 is 1.03 bits per heavy atom. The zero-order chi connectivity index (χ0) is 22.8. The molecule has 0 radical (unpaired) electrons. The van der Waals surface area contributed by atoms with E-state index in [-0.39, 0.29) is 12.4 Å². The summed E-state index contributed by atoms with van der Waals surface area (Å²) in [5, 5.41) is 4.03. The molecule has 0 aliphatic carbocycles. The molecule has 0 aromatic heterocycles. The lowest BCUT2D eigenvalue weighted by molar-refractivity contribution is 0.0954. The number of methoxy groups -OCH3 is 1. The number of amides is 1. The van der Waals surface area contributed by atoms with Crippen LogP contribution < -0.4 is 19.6 Å². The lowest BCUT2D eigenvalue weighted by Crippen LogP contribution is -2.17. The fraction of sp³-hybridized carbons (Fsp3) is 0.120. The first-order chi connectivity index (χ1) is 15.6. The van der Waals surface area contributed by atoms with Crippen molar-refractivity contribution in [3.05, 3.63) is 102 Å². The molecule has 0 fully saturated rings. The number of hydrogen-bond acceptors (Lipinski definition) is 5. The molecule has 164 valence electrons. The highest BCUT2D eigenvalue weighted by Crippen LogP contribution is 2.28. The summed E-state index contributed by atoms with van der Waals surface area (Å²) in [5.41, 5.74) is 4.21. The van der Waals surface area contributed by atoms with Crippen LogP contribution in [0.25, 0.3) is 0 Å². The molecule has 3 rings (SSSR count). The third-order valence-corrected chi connectivity index (χ3v) is 4.35. The Bertz CT molecular complexity index is 1110. The number of para-hydroxylation sites is 1. The van der Waals surface area contributed by atoms with E-state index in [2.05, 4.69) is 17.1 Å². The van der Waals surface area contributed by atoms with Crippen LogP contribution in [0.4, 0.5) is 4.39 Å². The predicted molar refractivity (Wildman–Crippen MR) is 121 cm³/mol. The second-order valence-corrected chi connectivity index (χ2v) is 6.62. The van der Waals surface area contributed by atoms with E-state index in [1.54, 1.807) is 48.5 Å². The molecule has 0 unspecified atom stereocenters. The number of hydrogen-bond donors (Lipinski definition) is 1. The molecule has 3 aromatic carbocycles. The minimum absolute atomic E-state index is 0.203. The van der Waals surface area contributed by atoms with Gasteiger partial charge >= 0.3 is 0 Å². The van der Waals surface area contributed by atoms with Crippen molar-refractivity contribution in [2.45, 2.75) is 6.61 Å². The summed E-state index contributed by atoms with van der Waals surface area (Å²) >= 11 is 0. The smallest absolute Gasteiger partial charge is 0.271 e. The van der Waals surface area contributed by atoms with E-state index in [9.17, 15) is 9.18 Å². The topological polar surface area (TPSA) is 69.2 Å². The molecule has 0 aliphatic heterocycles. The average Bonchev–Trinajstić information content (AvgIpc) is 2.82. The van der Waals surface area contributed by atoms with Gasteiger partial charge < -0.3 is 14.2 Å². The van der Waals surface area contributed by atoms with E-state index >= 15 is 0 Å². The van der Waals surface area contributed by atoms with Gasteiger partial charge in [-0.2, -0.15) is 5.10 Å². The Morgan fingerprint density at radius 3 is 2.66 bits per heavy atom. The minimum atomic E-state index is -0.409. The van der Waals surface area contributed by atoms with Crippen LogP contribution >= 0.6 is 0 Å². The summed E-state index contributed by atoms with van der Waals surface area (Å²) < 4.78 is 29.9. The van der Waals surface area contributed by atoms with Crippen LogP contribution in [0.1, 0.15) is 21.5 Å². The average molecular weight is 434 g/mol. The van der Waals surface area contributed by atoms with Crippen molar-refractivity contribution in [1.29, 1.82) is 0 Å². The maximum Gasteiger partial charge on any atom is 0.271 e. The molecule has 1 amide bonds. The first-order valence-corrected chi connectivity index (χ1v) is 9.82. The Kier molecular flexibility index (Phi) is 7.97. The van der Waals surface area contributed by atoms with Gasteiger partial charge in [0, 0.05) is 11.1 Å². The van der Waals surface area contributed by atoms with E-state index < -0.39 is 5.91 Å². The van der Waals surface area contributed by atoms with Gasteiger partial charge in [0.2, 0.25) is 0 Å². The first kappa shape index (κ1) is 22.6. The molecule has 1 N–H and O–H groups in total. The highest BCUT2D eigenvalue weighted by atomic mass is 19.1. The van der Waals surface area contributed by atoms with Gasteiger partial charge in [0.1, 0.15) is 24.8 Å². The second-order valence-electron chi connectivity index (χ2n) is 6.62. The molecule has 0 bridgehead atoms. The van der Waals surface area contributed by atoms with Gasteiger partial charge in [-0.1, -0.05) is 36.9 Å². The van der Waals surface area contributed by atoms with E-state index in [1.807, 2.05) is 12.1 Å². The van der Waals surface area contributed by atoms with Crippen molar-refractivity contribution in [3.63, 3.8) is 0 Å². The first-order valence-electron chi connectivity index (χ1n) is 9.82. The lowest BCUT2D eigenvalue weighted by atomic mass is 10.2. The van der Waals surface area contributed by atoms with Gasteiger partial charge in [0.05, 0.1) is 13.3 Å². The monoisotopic (exact) mass is 434 g/mol. The Morgan fingerprint density at radius 2 is 1.88 bits per heavy atom. The Hall–Kier alpha value is -4.13. The zero-order valence-corrected chi connectivity index (χ0v) is 17.6. The number of ether oxygens (including phenoxy) is 3. The fourth-order valence-electron chi connectivity index (χ4n) is 2.81. The summed E-state index contributed by atoms with van der Waals surface area (Å²) in [5.74, 6) is 0.769. The number of nitrogens with zero attached hydrogens (tertiary/aromatic N) is 1. The molecule has 0 aliphatic rings. The standard InChI is InChI=1S/C25H23FN2O4/c1-3-13-31-23-12-11-19(15-24(23)30-2)25(29)28-27-16-20-8-4-5-10-22(20)32-17-18-7-6-9-21(26)14-18/h3-12,14-16H,1,13,17H2,2H3,(H,28,29)/b27-16+. The molecular formula is C25H23FN2O4. The highest BCUT2D eigenvalue weighted by molar-refractivity contribution is 5.95. The van der Waals surface area contributed by atoms with Crippen LogP contribution in [-0.4, -0.2) is 25.8 Å². The minimum Gasteiger partial charge on any atom is -0.493 e. The molecule has 7 heteroatoms. The number of carbonyl (C=O) groups is 1. The number of hydrazone groups is 1. The second kappa shape index (κ2) is 11.3. The van der Waals surface area contributed by atoms with E-state index in [0.29, 0.717) is 40.5 Å². The lowest BCUT2D eigenvalue weighted by Gasteiger charge is -2.10. The van der Waals surface area contributed by atoms with Crippen LogP contribution in [0.3, 0.4) is 0 Å². The molecular weight excluding hydrogens is 411 g/mol. The van der Waals surface area contributed by atoms with Crippen molar-refractivity contribution in [3.8, 4) is 17.2 Å². The SMILES string of the molecule is C=CCOc1ccc(C(=O)N/N=C/c2ccccc2OCc2cccc(F)c2)cc1OC. The number of nitrogens with one attached hydrogen (secondary N) is 1. The fourth-order valence-corrected chi connectivity index (χ4v) is 2.81. The molecule has 0 atom stereocenters. The van der Waals surface area contributed by atoms with Crippen molar-refractivity contribution in [2.24, 2.45) is 5.10 Å². The molecule has 0 heterocycles. The number of rotatable bonds is 10. The Labute approximate surface area is 185 Å². The third-order valence-electron chi connectivity index (χ3n) is 4.35. The summed E-state index contributed by atoms with van der Waals surface area (Å²) in [6, 6.07) is 18.2. The molecule has 0 spiro atoms. The predicted octanol–water partition coefficient (Wildman–Crippen LogP) is 4.74. The van der Waals surface area contributed by atoms with Crippen molar-refractivity contribution in [1.82, 2.24) is 5.43 Å². The van der Waals surface area contributed by atoms with Gasteiger partial charge in [-0.25, -0.2) is 9.82 Å². The molecule has 32 heavy (non-hydrogen) atoms. The molecule has 0 saturated carbocycles. The van der Waals surface area contributed by atoms with Gasteiger partial charge in [-0.3, -0.25) is 4.79 Å². The van der Waals surface area contributed by atoms with Gasteiger partial charge in [0.25, 0.3) is 5.91 Å². The summed E-state index contributed by atoms with van der Waals surface area (Å²) in [6.07, 6.45) is 3.10. The normalized spacial score (nSPS) is 10.6. The van der Waals surface area contributed by atoms with Crippen LogP contribution in [0.5, 0.6) is 17.2 Å². The summed E-state index contributed by atoms with van der Waals surface area (Å²) in [4.78, 5) is 12.5. The van der Waals surface area contributed by atoms with Gasteiger partial charge in [0.15, 0.2) is 11.5 Å². The van der Waals surface area contributed by atoms with Crippen LogP contribution in [-0.2, 0) is 6.61 Å². The highest BCUT2D eigenvalue weighted by Gasteiger charge is 2.11. The van der Waals surface area contributed by atoms with Crippen LogP contribution in [0.2, 0.25) is 0 Å². The summed E-state index contributed by atoms with van der Waals surface area (Å²) in [7, 11) is 1.50. The maximum atomic E-state index is 13.3.